The number of carbonyl (C=O) groups is 2. The summed E-state index contributed by atoms with van der Waals surface area (Å²) in [5.74, 6) is -0.549. The standard InChI is InChI=1S/C14H14N2O2/c1-9-4-2-3-5-12(9)16-13(17)10-6-7-15-8-11(10)14(16)18/h2-5,8,10,15H,6-7H2,1H3. The van der Waals surface area contributed by atoms with Crippen molar-refractivity contribution in [1.29, 1.82) is 0 Å². The van der Waals surface area contributed by atoms with E-state index in [4.69, 9.17) is 0 Å². The second kappa shape index (κ2) is 3.98. The van der Waals surface area contributed by atoms with Crippen LogP contribution in [0, 0.1) is 12.8 Å². The number of anilines is 1. The Labute approximate surface area is 105 Å². The summed E-state index contributed by atoms with van der Waals surface area (Å²) in [6.45, 7) is 2.65. The molecular formula is C14H14N2O2. The number of benzene rings is 1. The van der Waals surface area contributed by atoms with Gasteiger partial charge in [-0.1, -0.05) is 18.2 Å². The Kier molecular flexibility index (Phi) is 2.44. The molecule has 1 aromatic carbocycles. The second-order valence-corrected chi connectivity index (χ2v) is 4.66. The minimum absolute atomic E-state index is 0.0953. The number of amides is 2. The first-order valence-electron chi connectivity index (χ1n) is 6.07. The molecule has 1 aromatic rings. The average molecular weight is 242 g/mol. The summed E-state index contributed by atoms with van der Waals surface area (Å²) in [5, 5.41) is 3.03. The van der Waals surface area contributed by atoms with Crippen molar-refractivity contribution >= 4 is 17.5 Å². The van der Waals surface area contributed by atoms with E-state index in [0.29, 0.717) is 17.7 Å². The van der Waals surface area contributed by atoms with Crippen molar-refractivity contribution in [3.05, 3.63) is 41.6 Å². The van der Waals surface area contributed by atoms with E-state index >= 15 is 0 Å². The number of nitrogens with zero attached hydrogens (tertiary/aromatic N) is 1. The van der Waals surface area contributed by atoms with E-state index in [2.05, 4.69) is 5.32 Å². The average Bonchev–Trinajstić information content (AvgIpc) is 2.64. The van der Waals surface area contributed by atoms with Crippen molar-refractivity contribution in [3.8, 4) is 0 Å². The molecule has 2 heterocycles. The highest BCUT2D eigenvalue weighted by molar-refractivity contribution is 6.29. The van der Waals surface area contributed by atoms with Gasteiger partial charge in [-0.2, -0.15) is 0 Å². The lowest BCUT2D eigenvalue weighted by molar-refractivity contribution is -0.122. The van der Waals surface area contributed by atoms with Crippen molar-refractivity contribution in [2.24, 2.45) is 5.92 Å². The first kappa shape index (κ1) is 11.0. The highest BCUT2D eigenvalue weighted by atomic mass is 16.2. The summed E-state index contributed by atoms with van der Waals surface area (Å²) < 4.78 is 0. The number of carbonyl (C=O) groups excluding carboxylic acids is 2. The number of fused-ring (bicyclic) bond motifs is 1. The first-order chi connectivity index (χ1) is 8.70. The second-order valence-electron chi connectivity index (χ2n) is 4.66. The Morgan fingerprint density at radius 2 is 2.06 bits per heavy atom. The zero-order valence-corrected chi connectivity index (χ0v) is 10.1. The minimum atomic E-state index is -0.265. The lowest BCUT2D eigenvalue weighted by atomic mass is 9.96. The maximum absolute atomic E-state index is 12.3. The molecule has 0 spiro atoms. The van der Waals surface area contributed by atoms with Crippen molar-refractivity contribution in [2.75, 3.05) is 11.4 Å². The van der Waals surface area contributed by atoms with Crippen LogP contribution in [-0.2, 0) is 9.59 Å². The highest BCUT2D eigenvalue weighted by Crippen LogP contribution is 2.34. The van der Waals surface area contributed by atoms with Gasteiger partial charge in [0, 0.05) is 18.3 Å². The normalized spacial score (nSPS) is 22.6. The molecule has 0 bridgehead atoms. The van der Waals surface area contributed by atoms with Gasteiger partial charge in [0.2, 0.25) is 5.91 Å². The number of hydrogen-bond acceptors (Lipinski definition) is 3. The third kappa shape index (κ3) is 1.45. The van der Waals surface area contributed by atoms with Gasteiger partial charge in [0.1, 0.15) is 0 Å². The third-order valence-electron chi connectivity index (χ3n) is 3.54. The fraction of sp³-hybridized carbons (Fsp3) is 0.286. The molecule has 2 aliphatic rings. The summed E-state index contributed by atoms with van der Waals surface area (Å²) in [5.41, 5.74) is 2.23. The SMILES string of the molecule is Cc1ccccc1N1C(=O)C2=CNCCC2C1=O. The molecule has 2 amide bonds. The molecule has 4 heteroatoms. The monoisotopic (exact) mass is 242 g/mol. The van der Waals surface area contributed by atoms with Gasteiger partial charge in [-0.15, -0.1) is 0 Å². The fourth-order valence-electron chi connectivity index (χ4n) is 2.56. The molecule has 0 aliphatic carbocycles. The van der Waals surface area contributed by atoms with Gasteiger partial charge in [-0.05, 0) is 25.0 Å². The van der Waals surface area contributed by atoms with Crippen LogP contribution in [-0.4, -0.2) is 18.4 Å². The van der Waals surface area contributed by atoms with Crippen LogP contribution in [0.3, 0.4) is 0 Å². The van der Waals surface area contributed by atoms with E-state index in [1.54, 1.807) is 6.20 Å². The highest BCUT2D eigenvalue weighted by Gasteiger charge is 2.45. The van der Waals surface area contributed by atoms with Crippen molar-refractivity contribution < 1.29 is 9.59 Å². The largest absolute Gasteiger partial charge is 0.390 e. The Morgan fingerprint density at radius 3 is 2.78 bits per heavy atom. The molecule has 1 N–H and O–H groups in total. The van der Waals surface area contributed by atoms with E-state index in [1.807, 2.05) is 31.2 Å². The number of rotatable bonds is 1. The molecule has 1 saturated heterocycles. The summed E-state index contributed by atoms with van der Waals surface area (Å²) in [6.07, 6.45) is 2.38. The van der Waals surface area contributed by atoms with Crippen LogP contribution in [0.5, 0.6) is 0 Å². The molecular weight excluding hydrogens is 228 g/mol. The summed E-state index contributed by atoms with van der Waals surface area (Å²) >= 11 is 0. The zero-order chi connectivity index (χ0) is 12.7. The van der Waals surface area contributed by atoms with Crippen LogP contribution >= 0.6 is 0 Å². The van der Waals surface area contributed by atoms with Crippen LogP contribution in [0.25, 0.3) is 0 Å². The topological polar surface area (TPSA) is 49.4 Å². The summed E-state index contributed by atoms with van der Waals surface area (Å²) in [7, 11) is 0. The van der Waals surface area contributed by atoms with E-state index in [9.17, 15) is 9.59 Å². The van der Waals surface area contributed by atoms with Crippen LogP contribution in [0.1, 0.15) is 12.0 Å². The van der Waals surface area contributed by atoms with E-state index in [1.165, 1.54) is 4.90 Å². The van der Waals surface area contributed by atoms with Gasteiger partial charge in [0.05, 0.1) is 11.6 Å². The van der Waals surface area contributed by atoms with E-state index in [0.717, 1.165) is 12.1 Å². The van der Waals surface area contributed by atoms with E-state index < -0.39 is 0 Å². The molecule has 1 unspecified atom stereocenters. The van der Waals surface area contributed by atoms with Crippen molar-refractivity contribution in [3.63, 3.8) is 0 Å². The Balaban J connectivity index is 2.07. The molecule has 0 aromatic heterocycles. The van der Waals surface area contributed by atoms with Crippen molar-refractivity contribution in [2.45, 2.75) is 13.3 Å². The Morgan fingerprint density at radius 1 is 1.28 bits per heavy atom. The molecule has 3 rings (SSSR count). The molecule has 0 radical (unpaired) electrons. The predicted molar refractivity (Wildman–Crippen MR) is 67.9 cm³/mol. The zero-order valence-electron chi connectivity index (χ0n) is 10.1. The molecule has 1 atom stereocenters. The fourth-order valence-corrected chi connectivity index (χ4v) is 2.56. The summed E-state index contributed by atoms with van der Waals surface area (Å²) in [6, 6.07) is 7.47. The number of nitrogens with one attached hydrogen (secondary N) is 1. The van der Waals surface area contributed by atoms with Gasteiger partial charge in [-0.3, -0.25) is 9.59 Å². The molecule has 1 fully saturated rings. The number of para-hydroxylation sites is 1. The van der Waals surface area contributed by atoms with Gasteiger partial charge in [-0.25, -0.2) is 4.90 Å². The molecule has 0 saturated carbocycles. The lowest BCUT2D eigenvalue weighted by Gasteiger charge is -2.16. The van der Waals surface area contributed by atoms with Crippen LogP contribution in [0.15, 0.2) is 36.0 Å². The molecule has 92 valence electrons. The number of imide groups is 1. The van der Waals surface area contributed by atoms with Crippen LogP contribution in [0.4, 0.5) is 5.69 Å². The molecule has 18 heavy (non-hydrogen) atoms. The Bertz CT molecular complexity index is 563. The summed E-state index contributed by atoms with van der Waals surface area (Å²) in [4.78, 5) is 26.0. The first-order valence-corrected chi connectivity index (χ1v) is 6.07. The minimum Gasteiger partial charge on any atom is -0.390 e. The molecule has 2 aliphatic heterocycles. The number of aryl methyl sites for hydroxylation is 1. The van der Waals surface area contributed by atoms with Crippen LogP contribution in [0.2, 0.25) is 0 Å². The van der Waals surface area contributed by atoms with Gasteiger partial charge in [0.15, 0.2) is 0 Å². The van der Waals surface area contributed by atoms with Crippen molar-refractivity contribution in [1.82, 2.24) is 5.32 Å². The lowest BCUT2D eigenvalue weighted by Crippen LogP contribution is -2.31. The smallest absolute Gasteiger partial charge is 0.263 e. The quantitative estimate of drug-likeness (QED) is 0.756. The molecule has 4 nitrogen and oxygen atoms in total. The van der Waals surface area contributed by atoms with Gasteiger partial charge >= 0.3 is 0 Å². The van der Waals surface area contributed by atoms with Gasteiger partial charge < -0.3 is 5.32 Å². The van der Waals surface area contributed by atoms with E-state index in [-0.39, 0.29) is 17.7 Å². The van der Waals surface area contributed by atoms with Crippen LogP contribution < -0.4 is 10.2 Å². The number of hydrogen-bond donors (Lipinski definition) is 1. The Hall–Kier alpha value is -2.10. The predicted octanol–water partition coefficient (Wildman–Crippen LogP) is 1.36. The third-order valence-corrected chi connectivity index (χ3v) is 3.54. The maximum atomic E-state index is 12.3. The maximum Gasteiger partial charge on any atom is 0.263 e. The van der Waals surface area contributed by atoms with Gasteiger partial charge in [0.25, 0.3) is 5.91 Å².